The molecule has 26 heavy (non-hydrogen) atoms. The van der Waals surface area contributed by atoms with E-state index >= 15 is 0 Å². The first-order valence-electron chi connectivity index (χ1n) is 8.54. The molecule has 0 fully saturated rings. The zero-order valence-electron chi connectivity index (χ0n) is 14.5. The van der Waals surface area contributed by atoms with Crippen molar-refractivity contribution >= 4 is 23.2 Å². The lowest BCUT2D eigenvalue weighted by molar-refractivity contribution is 1.03. The molecule has 3 heteroatoms. The van der Waals surface area contributed by atoms with Gasteiger partial charge >= 0.3 is 0 Å². The van der Waals surface area contributed by atoms with Gasteiger partial charge in [-0.3, -0.25) is 9.36 Å². The van der Waals surface area contributed by atoms with Crippen LogP contribution in [-0.4, -0.2) is 9.55 Å². The number of fused-ring (bicyclic) bond motifs is 1. The molecule has 3 nitrogen and oxygen atoms in total. The summed E-state index contributed by atoms with van der Waals surface area (Å²) < 4.78 is 1.64. The molecule has 1 aromatic heterocycles. The third-order valence-electron chi connectivity index (χ3n) is 4.41. The van der Waals surface area contributed by atoms with Gasteiger partial charge in [-0.15, -0.1) is 0 Å². The molecule has 0 aliphatic heterocycles. The lowest BCUT2D eigenvalue weighted by Gasteiger charge is -2.12. The molecular weight excluding hydrogens is 320 g/mol. The van der Waals surface area contributed by atoms with Gasteiger partial charge in [0, 0.05) is 11.8 Å². The Morgan fingerprint density at radius 2 is 1.54 bits per heavy atom. The van der Waals surface area contributed by atoms with Crippen molar-refractivity contribution in [2.75, 3.05) is 0 Å². The molecule has 126 valence electrons. The smallest absolute Gasteiger partial charge is 0.265 e. The summed E-state index contributed by atoms with van der Waals surface area (Å²) in [5, 5.41) is 0.613. The number of benzene rings is 3. The predicted molar refractivity (Wildman–Crippen MR) is 108 cm³/mol. The van der Waals surface area contributed by atoms with Gasteiger partial charge in [-0.05, 0) is 36.3 Å². The molecule has 0 atom stereocenters. The van der Waals surface area contributed by atoms with Gasteiger partial charge in [-0.2, -0.15) is 0 Å². The van der Waals surface area contributed by atoms with Crippen molar-refractivity contribution in [2.45, 2.75) is 6.92 Å². The zero-order chi connectivity index (χ0) is 17.9. The standard InChI is InChI=1S/C23H18N2O/c1-17-9-5-6-12-19(17)22-24-21-14-8-7-13-20(21)23(26)25(22)16-15-18-10-3-2-4-11-18/h2-16H,1H3. The third kappa shape index (κ3) is 2.95. The van der Waals surface area contributed by atoms with Crippen LogP contribution in [0, 0.1) is 6.92 Å². The Hall–Kier alpha value is -3.46. The highest BCUT2D eigenvalue weighted by Crippen LogP contribution is 2.22. The van der Waals surface area contributed by atoms with Crippen molar-refractivity contribution in [2.24, 2.45) is 0 Å². The van der Waals surface area contributed by atoms with Crippen LogP contribution in [-0.2, 0) is 0 Å². The van der Waals surface area contributed by atoms with Gasteiger partial charge in [-0.25, -0.2) is 4.98 Å². The van der Waals surface area contributed by atoms with E-state index < -0.39 is 0 Å². The molecule has 0 spiro atoms. The van der Waals surface area contributed by atoms with Crippen LogP contribution < -0.4 is 5.56 Å². The van der Waals surface area contributed by atoms with Crippen molar-refractivity contribution in [3.05, 3.63) is 100 Å². The fraction of sp³-hybridized carbons (Fsp3) is 0.0435. The van der Waals surface area contributed by atoms with Gasteiger partial charge in [0.15, 0.2) is 0 Å². The van der Waals surface area contributed by atoms with E-state index in [1.165, 1.54) is 0 Å². The molecule has 1 heterocycles. The largest absolute Gasteiger partial charge is 0.268 e. The van der Waals surface area contributed by atoms with Crippen LogP contribution in [0.2, 0.25) is 0 Å². The Balaban J connectivity index is 1.99. The Morgan fingerprint density at radius 1 is 0.846 bits per heavy atom. The van der Waals surface area contributed by atoms with Gasteiger partial charge < -0.3 is 0 Å². The molecule has 0 amide bonds. The topological polar surface area (TPSA) is 34.9 Å². The maximum Gasteiger partial charge on any atom is 0.265 e. The van der Waals surface area contributed by atoms with Crippen LogP contribution in [0.4, 0.5) is 0 Å². The van der Waals surface area contributed by atoms with E-state index in [-0.39, 0.29) is 5.56 Å². The minimum atomic E-state index is -0.0685. The molecular formula is C23H18N2O. The SMILES string of the molecule is Cc1ccccc1-c1nc2ccccc2c(=O)n1C=Cc1ccccc1. The van der Waals surface area contributed by atoms with Gasteiger partial charge in [0.2, 0.25) is 0 Å². The number of nitrogens with zero attached hydrogens (tertiary/aromatic N) is 2. The molecule has 0 bridgehead atoms. The molecule has 0 saturated heterocycles. The van der Waals surface area contributed by atoms with Crippen LogP contribution in [0.25, 0.3) is 34.6 Å². The lowest BCUT2D eigenvalue weighted by Crippen LogP contribution is -2.19. The van der Waals surface area contributed by atoms with Gasteiger partial charge in [0.1, 0.15) is 5.82 Å². The number of aromatic nitrogens is 2. The summed E-state index contributed by atoms with van der Waals surface area (Å²) >= 11 is 0. The molecule has 3 aromatic carbocycles. The average molecular weight is 338 g/mol. The van der Waals surface area contributed by atoms with E-state index in [4.69, 9.17) is 4.98 Å². The van der Waals surface area contributed by atoms with Crippen LogP contribution in [0.3, 0.4) is 0 Å². The summed E-state index contributed by atoms with van der Waals surface area (Å²) in [5.41, 5.74) is 3.70. The van der Waals surface area contributed by atoms with Crippen molar-refractivity contribution in [1.29, 1.82) is 0 Å². The second kappa shape index (κ2) is 6.81. The summed E-state index contributed by atoms with van der Waals surface area (Å²) in [4.78, 5) is 17.9. The van der Waals surface area contributed by atoms with Crippen molar-refractivity contribution in [1.82, 2.24) is 9.55 Å². The normalized spacial score (nSPS) is 11.3. The Bertz CT molecular complexity index is 1160. The van der Waals surface area contributed by atoms with Crippen LogP contribution in [0.1, 0.15) is 11.1 Å². The number of hydrogen-bond donors (Lipinski definition) is 0. The van der Waals surface area contributed by atoms with Gasteiger partial charge in [-0.1, -0.05) is 66.7 Å². The first-order valence-corrected chi connectivity index (χ1v) is 8.54. The Morgan fingerprint density at radius 3 is 2.35 bits per heavy atom. The molecule has 0 N–H and O–H groups in total. The second-order valence-corrected chi connectivity index (χ2v) is 6.17. The quantitative estimate of drug-likeness (QED) is 0.527. The fourth-order valence-electron chi connectivity index (χ4n) is 3.02. The van der Waals surface area contributed by atoms with E-state index in [1.807, 2.05) is 91.9 Å². The van der Waals surface area contributed by atoms with Crippen molar-refractivity contribution in [3.63, 3.8) is 0 Å². The lowest BCUT2D eigenvalue weighted by atomic mass is 10.1. The minimum Gasteiger partial charge on any atom is -0.268 e. The monoisotopic (exact) mass is 338 g/mol. The number of hydrogen-bond acceptors (Lipinski definition) is 2. The summed E-state index contributed by atoms with van der Waals surface area (Å²) in [5.74, 6) is 0.652. The van der Waals surface area contributed by atoms with E-state index in [2.05, 4.69) is 0 Å². The highest BCUT2D eigenvalue weighted by molar-refractivity contribution is 5.81. The zero-order valence-corrected chi connectivity index (χ0v) is 14.5. The molecule has 4 rings (SSSR count). The Labute approximate surface area is 151 Å². The highest BCUT2D eigenvalue weighted by Gasteiger charge is 2.12. The van der Waals surface area contributed by atoms with E-state index in [9.17, 15) is 4.79 Å². The first kappa shape index (κ1) is 16.0. The summed E-state index contributed by atoms with van der Waals surface area (Å²) in [7, 11) is 0. The van der Waals surface area contributed by atoms with E-state index in [1.54, 1.807) is 10.8 Å². The number of aryl methyl sites for hydroxylation is 1. The summed E-state index contributed by atoms with van der Waals surface area (Å²) in [6.07, 6.45) is 3.73. The minimum absolute atomic E-state index is 0.0685. The molecule has 0 saturated carbocycles. The maximum atomic E-state index is 13.1. The second-order valence-electron chi connectivity index (χ2n) is 6.17. The van der Waals surface area contributed by atoms with Crippen molar-refractivity contribution in [3.8, 4) is 11.4 Å². The summed E-state index contributed by atoms with van der Waals surface area (Å²) in [6, 6.07) is 25.4. The Kier molecular flexibility index (Phi) is 4.20. The molecule has 0 unspecified atom stereocenters. The third-order valence-corrected chi connectivity index (χ3v) is 4.41. The van der Waals surface area contributed by atoms with Gasteiger partial charge in [0.25, 0.3) is 5.56 Å². The number of rotatable bonds is 3. The first-order chi connectivity index (χ1) is 12.7. The molecule has 0 radical (unpaired) electrons. The molecule has 0 aliphatic rings. The van der Waals surface area contributed by atoms with Crippen LogP contribution in [0.5, 0.6) is 0 Å². The van der Waals surface area contributed by atoms with Gasteiger partial charge in [0.05, 0.1) is 10.9 Å². The van der Waals surface area contributed by atoms with E-state index in [0.717, 1.165) is 16.7 Å². The maximum absolute atomic E-state index is 13.1. The highest BCUT2D eigenvalue weighted by atomic mass is 16.1. The predicted octanol–water partition coefficient (Wildman–Crippen LogP) is 5.00. The number of para-hydroxylation sites is 1. The average Bonchev–Trinajstić information content (AvgIpc) is 2.68. The molecule has 4 aromatic rings. The van der Waals surface area contributed by atoms with Crippen molar-refractivity contribution < 1.29 is 0 Å². The fourth-order valence-corrected chi connectivity index (χ4v) is 3.02. The van der Waals surface area contributed by atoms with Crippen LogP contribution in [0.15, 0.2) is 83.7 Å². The molecule has 0 aliphatic carbocycles. The summed E-state index contributed by atoms with van der Waals surface area (Å²) in [6.45, 7) is 2.03. The van der Waals surface area contributed by atoms with Crippen LogP contribution >= 0.6 is 0 Å². The van der Waals surface area contributed by atoms with E-state index in [0.29, 0.717) is 16.7 Å².